The van der Waals surface area contributed by atoms with E-state index in [2.05, 4.69) is 10.3 Å². The van der Waals surface area contributed by atoms with Crippen LogP contribution in [0, 0.1) is 6.92 Å². The molecule has 1 aromatic heterocycles. The second-order valence-electron chi connectivity index (χ2n) is 6.78. The molecule has 1 fully saturated rings. The van der Waals surface area contributed by atoms with E-state index >= 15 is 0 Å². The number of amides is 1. The Bertz CT molecular complexity index is 1020. The second-order valence-corrected chi connectivity index (χ2v) is 8.68. The van der Waals surface area contributed by atoms with Gasteiger partial charge in [0, 0.05) is 31.2 Å². The highest BCUT2D eigenvalue weighted by Crippen LogP contribution is 2.24. The summed E-state index contributed by atoms with van der Waals surface area (Å²) in [4.78, 5) is 28.5. The fourth-order valence-electron chi connectivity index (χ4n) is 2.89. The molecule has 160 valence electrons. The third kappa shape index (κ3) is 5.02. The Morgan fingerprint density at radius 3 is 2.63 bits per heavy atom. The Hall–Kier alpha value is -2.82. The highest BCUT2D eigenvalue weighted by molar-refractivity contribution is 7.89. The first kappa shape index (κ1) is 21.9. The Morgan fingerprint density at radius 1 is 1.23 bits per heavy atom. The van der Waals surface area contributed by atoms with Gasteiger partial charge in [0.25, 0.3) is 5.91 Å². The molecular formula is C20H23N3O6S. The van der Waals surface area contributed by atoms with Crippen molar-refractivity contribution >= 4 is 27.6 Å². The topological polar surface area (TPSA) is 115 Å². The Balaban J connectivity index is 1.71. The van der Waals surface area contributed by atoms with Crippen LogP contribution in [0.15, 0.2) is 47.6 Å². The minimum absolute atomic E-state index is 0.113. The molecule has 10 heteroatoms. The molecule has 9 nitrogen and oxygen atoms in total. The monoisotopic (exact) mass is 433 g/mol. The van der Waals surface area contributed by atoms with Crippen LogP contribution in [0.2, 0.25) is 0 Å². The van der Waals surface area contributed by atoms with E-state index in [0.29, 0.717) is 24.5 Å². The van der Waals surface area contributed by atoms with Gasteiger partial charge in [-0.15, -0.1) is 0 Å². The molecule has 2 aromatic rings. The zero-order valence-electron chi connectivity index (χ0n) is 16.7. The number of nitrogens with zero attached hydrogens (tertiary/aromatic N) is 2. The van der Waals surface area contributed by atoms with Gasteiger partial charge in [0.2, 0.25) is 10.0 Å². The molecule has 1 aliphatic rings. The van der Waals surface area contributed by atoms with Crippen LogP contribution in [0.4, 0.5) is 5.69 Å². The maximum Gasteiger partial charge on any atom is 0.340 e. The van der Waals surface area contributed by atoms with Crippen molar-refractivity contribution in [2.24, 2.45) is 0 Å². The summed E-state index contributed by atoms with van der Waals surface area (Å²) in [5.74, 6) is -1.25. The average molecular weight is 433 g/mol. The van der Waals surface area contributed by atoms with Crippen LogP contribution < -0.4 is 5.32 Å². The van der Waals surface area contributed by atoms with E-state index in [1.807, 2.05) is 0 Å². The van der Waals surface area contributed by atoms with Gasteiger partial charge in [-0.05, 0) is 43.7 Å². The minimum atomic E-state index is -3.72. The quantitative estimate of drug-likeness (QED) is 0.688. The number of ether oxygens (including phenoxy) is 2. The van der Waals surface area contributed by atoms with Gasteiger partial charge in [0.15, 0.2) is 6.10 Å². The summed E-state index contributed by atoms with van der Waals surface area (Å²) in [7, 11) is -3.72. The van der Waals surface area contributed by atoms with E-state index < -0.39 is 28.0 Å². The summed E-state index contributed by atoms with van der Waals surface area (Å²) in [6.07, 6.45) is 1.78. The molecule has 1 aromatic carbocycles. The Kier molecular flexibility index (Phi) is 6.80. The fraction of sp³-hybridized carbons (Fsp3) is 0.350. The Morgan fingerprint density at radius 2 is 1.97 bits per heavy atom. The van der Waals surface area contributed by atoms with E-state index in [4.69, 9.17) is 9.47 Å². The minimum Gasteiger partial charge on any atom is -0.449 e. The number of nitrogens with one attached hydrogen (secondary N) is 1. The summed E-state index contributed by atoms with van der Waals surface area (Å²) in [5, 5.41) is 2.60. The van der Waals surface area contributed by atoms with E-state index in [9.17, 15) is 18.0 Å². The summed E-state index contributed by atoms with van der Waals surface area (Å²) in [5.41, 5.74) is 1.09. The largest absolute Gasteiger partial charge is 0.449 e. The van der Waals surface area contributed by atoms with Crippen molar-refractivity contribution < 1.29 is 27.5 Å². The van der Waals surface area contributed by atoms with Crippen molar-refractivity contribution in [2.45, 2.75) is 24.8 Å². The number of aryl methyl sites for hydroxylation is 1. The van der Waals surface area contributed by atoms with E-state index in [1.54, 1.807) is 25.1 Å². The number of morpholine rings is 1. The van der Waals surface area contributed by atoms with Crippen molar-refractivity contribution in [2.75, 3.05) is 31.6 Å². The molecular weight excluding hydrogens is 410 g/mol. The summed E-state index contributed by atoms with van der Waals surface area (Å²) in [6.45, 7) is 4.36. The van der Waals surface area contributed by atoms with Crippen molar-refractivity contribution in [3.8, 4) is 0 Å². The van der Waals surface area contributed by atoms with Gasteiger partial charge in [-0.2, -0.15) is 4.31 Å². The molecule has 1 aliphatic heterocycles. The SMILES string of the molecule is Cc1ccc(NC(=O)C(C)OC(=O)c2cccnc2)cc1S(=O)(=O)N1CCOCC1. The first-order valence-corrected chi connectivity index (χ1v) is 10.8. The maximum atomic E-state index is 13.0. The number of carbonyl (C=O) groups is 2. The third-order valence-electron chi connectivity index (χ3n) is 4.59. The molecule has 0 spiro atoms. The number of benzene rings is 1. The number of anilines is 1. The average Bonchev–Trinajstić information content (AvgIpc) is 2.76. The van der Waals surface area contributed by atoms with Crippen LogP contribution in [-0.4, -0.2) is 62.0 Å². The molecule has 0 saturated carbocycles. The number of rotatable bonds is 6. The predicted octanol–water partition coefficient (Wildman–Crippen LogP) is 1.59. The normalized spacial score (nSPS) is 15.9. The molecule has 1 saturated heterocycles. The Labute approximate surface area is 175 Å². The second kappa shape index (κ2) is 9.33. The predicted molar refractivity (Wildman–Crippen MR) is 109 cm³/mol. The van der Waals surface area contributed by atoms with Crippen LogP contribution in [-0.2, 0) is 24.3 Å². The van der Waals surface area contributed by atoms with Gasteiger partial charge in [0.05, 0.1) is 23.7 Å². The summed E-state index contributed by atoms with van der Waals surface area (Å²) < 4.78 is 37.7. The smallest absolute Gasteiger partial charge is 0.340 e. The zero-order chi connectivity index (χ0) is 21.7. The maximum absolute atomic E-state index is 13.0. The van der Waals surface area contributed by atoms with E-state index in [-0.39, 0.29) is 23.5 Å². The van der Waals surface area contributed by atoms with Crippen LogP contribution in [0.25, 0.3) is 0 Å². The molecule has 0 aliphatic carbocycles. The lowest BCUT2D eigenvalue weighted by molar-refractivity contribution is -0.123. The number of pyridine rings is 1. The van der Waals surface area contributed by atoms with E-state index in [1.165, 1.54) is 35.8 Å². The standard InChI is InChI=1S/C20H23N3O6S/c1-14-5-6-17(12-18(14)30(26,27)23-8-10-28-11-9-23)22-19(24)15(2)29-20(25)16-4-3-7-21-13-16/h3-7,12-13,15H,8-11H2,1-2H3,(H,22,24). The van der Waals surface area contributed by atoms with Crippen LogP contribution in [0.5, 0.6) is 0 Å². The number of hydrogen-bond acceptors (Lipinski definition) is 7. The molecule has 1 N–H and O–H groups in total. The van der Waals surface area contributed by atoms with Gasteiger partial charge in [-0.25, -0.2) is 13.2 Å². The fourth-order valence-corrected chi connectivity index (χ4v) is 4.55. The van der Waals surface area contributed by atoms with Crippen molar-refractivity contribution in [3.63, 3.8) is 0 Å². The number of hydrogen-bond donors (Lipinski definition) is 1. The molecule has 3 rings (SSSR count). The lowest BCUT2D eigenvalue weighted by Crippen LogP contribution is -2.40. The molecule has 1 unspecified atom stereocenters. The van der Waals surface area contributed by atoms with Gasteiger partial charge in [-0.3, -0.25) is 9.78 Å². The molecule has 1 atom stereocenters. The van der Waals surface area contributed by atoms with Gasteiger partial charge in [0.1, 0.15) is 0 Å². The summed E-state index contributed by atoms with van der Waals surface area (Å²) in [6, 6.07) is 7.75. The van der Waals surface area contributed by atoms with Gasteiger partial charge >= 0.3 is 5.97 Å². The van der Waals surface area contributed by atoms with Crippen molar-refractivity contribution in [1.82, 2.24) is 9.29 Å². The van der Waals surface area contributed by atoms with Crippen molar-refractivity contribution in [1.29, 1.82) is 0 Å². The van der Waals surface area contributed by atoms with Crippen molar-refractivity contribution in [3.05, 3.63) is 53.9 Å². The first-order chi connectivity index (χ1) is 14.3. The van der Waals surface area contributed by atoms with Crippen LogP contribution >= 0.6 is 0 Å². The lowest BCUT2D eigenvalue weighted by Gasteiger charge is -2.27. The van der Waals surface area contributed by atoms with E-state index in [0.717, 1.165) is 0 Å². The van der Waals surface area contributed by atoms with Crippen LogP contribution in [0.3, 0.4) is 0 Å². The number of carbonyl (C=O) groups excluding carboxylic acids is 2. The van der Waals surface area contributed by atoms with Gasteiger partial charge < -0.3 is 14.8 Å². The molecule has 2 heterocycles. The first-order valence-electron chi connectivity index (χ1n) is 9.39. The third-order valence-corrected chi connectivity index (χ3v) is 6.63. The highest BCUT2D eigenvalue weighted by Gasteiger charge is 2.28. The molecule has 1 amide bonds. The number of sulfonamides is 1. The molecule has 0 bridgehead atoms. The number of esters is 1. The van der Waals surface area contributed by atoms with Crippen LogP contribution in [0.1, 0.15) is 22.8 Å². The van der Waals surface area contributed by atoms with Gasteiger partial charge in [-0.1, -0.05) is 6.07 Å². The zero-order valence-corrected chi connectivity index (χ0v) is 17.5. The lowest BCUT2D eigenvalue weighted by atomic mass is 10.2. The highest BCUT2D eigenvalue weighted by atomic mass is 32.2. The molecule has 30 heavy (non-hydrogen) atoms. The summed E-state index contributed by atoms with van der Waals surface area (Å²) >= 11 is 0. The molecule has 0 radical (unpaired) electrons. The number of aromatic nitrogens is 1.